The highest BCUT2D eigenvalue weighted by atomic mass is 16.1. The summed E-state index contributed by atoms with van der Waals surface area (Å²) in [6, 6.07) is 3.12. The fraction of sp³-hybridized carbons (Fsp3) is 0.182. The van der Waals surface area contributed by atoms with Crippen LogP contribution in [0.4, 0.5) is 0 Å². The van der Waals surface area contributed by atoms with Crippen molar-refractivity contribution >= 4 is 5.70 Å². The average molecular weight is 188 g/mol. The molecule has 0 radical (unpaired) electrons. The highest BCUT2D eigenvalue weighted by Crippen LogP contribution is 2.09. The van der Waals surface area contributed by atoms with E-state index in [4.69, 9.17) is 0 Å². The lowest BCUT2D eigenvalue weighted by molar-refractivity contribution is 0.504. The van der Waals surface area contributed by atoms with Gasteiger partial charge in [-0.1, -0.05) is 0 Å². The third kappa shape index (κ3) is 1.76. The monoisotopic (exact) mass is 188 g/mol. The van der Waals surface area contributed by atoms with Crippen molar-refractivity contribution in [2.24, 2.45) is 0 Å². The molecule has 3 nitrogen and oxygen atoms in total. The van der Waals surface area contributed by atoms with Crippen molar-refractivity contribution < 1.29 is 0 Å². The van der Waals surface area contributed by atoms with Crippen molar-refractivity contribution in [1.82, 2.24) is 9.47 Å². The SMILES string of the molecule is CN1C=CC(n2ccc(=O)cc2)=CC1. The van der Waals surface area contributed by atoms with E-state index in [-0.39, 0.29) is 5.43 Å². The van der Waals surface area contributed by atoms with E-state index in [0.29, 0.717) is 0 Å². The Kier molecular flexibility index (Phi) is 2.23. The van der Waals surface area contributed by atoms with Crippen molar-refractivity contribution in [3.63, 3.8) is 0 Å². The van der Waals surface area contributed by atoms with Crippen molar-refractivity contribution in [1.29, 1.82) is 0 Å². The summed E-state index contributed by atoms with van der Waals surface area (Å²) in [4.78, 5) is 13.0. The van der Waals surface area contributed by atoms with Gasteiger partial charge in [-0.15, -0.1) is 0 Å². The van der Waals surface area contributed by atoms with Gasteiger partial charge in [0.1, 0.15) is 0 Å². The summed E-state index contributed by atoms with van der Waals surface area (Å²) in [5.74, 6) is 0. The Morgan fingerprint density at radius 3 is 2.57 bits per heavy atom. The Hall–Kier alpha value is -1.77. The van der Waals surface area contributed by atoms with Crippen LogP contribution in [0.2, 0.25) is 0 Å². The minimum Gasteiger partial charge on any atom is -0.377 e. The second kappa shape index (κ2) is 3.54. The number of allylic oxidation sites excluding steroid dienone is 2. The predicted octanol–water partition coefficient (Wildman–Crippen LogP) is 1.15. The summed E-state index contributed by atoms with van der Waals surface area (Å²) in [5, 5.41) is 0. The van der Waals surface area contributed by atoms with Crippen LogP contribution in [-0.4, -0.2) is 23.1 Å². The van der Waals surface area contributed by atoms with Crippen molar-refractivity contribution in [2.75, 3.05) is 13.6 Å². The van der Waals surface area contributed by atoms with Crippen LogP contribution in [0.15, 0.2) is 47.7 Å². The number of nitrogens with zero attached hydrogens (tertiary/aromatic N) is 2. The Morgan fingerprint density at radius 2 is 2.00 bits per heavy atom. The second-order valence-electron chi connectivity index (χ2n) is 3.33. The molecule has 2 heterocycles. The quantitative estimate of drug-likeness (QED) is 0.660. The number of rotatable bonds is 1. The van der Waals surface area contributed by atoms with E-state index >= 15 is 0 Å². The van der Waals surface area contributed by atoms with Crippen LogP contribution in [0.1, 0.15) is 0 Å². The number of aromatic nitrogens is 1. The maximum atomic E-state index is 10.9. The molecule has 1 aromatic heterocycles. The lowest BCUT2D eigenvalue weighted by Gasteiger charge is -2.18. The molecule has 14 heavy (non-hydrogen) atoms. The van der Waals surface area contributed by atoms with Crippen LogP contribution in [0.5, 0.6) is 0 Å². The van der Waals surface area contributed by atoms with Crippen LogP contribution in [-0.2, 0) is 0 Å². The Bertz CT molecular complexity index is 422. The average Bonchev–Trinajstić information content (AvgIpc) is 2.21. The van der Waals surface area contributed by atoms with E-state index in [1.165, 1.54) is 0 Å². The molecule has 0 fully saturated rings. The molecule has 1 aliphatic rings. The van der Waals surface area contributed by atoms with Gasteiger partial charge in [0.05, 0.1) is 0 Å². The van der Waals surface area contributed by atoms with E-state index in [0.717, 1.165) is 12.2 Å². The molecular weight excluding hydrogens is 176 g/mol. The highest BCUT2D eigenvalue weighted by molar-refractivity contribution is 5.58. The third-order valence-corrected chi connectivity index (χ3v) is 2.19. The molecule has 0 aliphatic carbocycles. The van der Waals surface area contributed by atoms with E-state index in [1.54, 1.807) is 24.5 Å². The lowest BCUT2D eigenvalue weighted by atomic mass is 10.3. The minimum atomic E-state index is 0.0405. The van der Waals surface area contributed by atoms with Gasteiger partial charge in [-0.05, 0) is 12.2 Å². The molecule has 0 bridgehead atoms. The standard InChI is InChI=1S/C11H12N2O/c1-12-6-2-10(3-7-12)13-8-4-11(14)5-9-13/h2-6,8-9H,7H2,1H3. The zero-order valence-electron chi connectivity index (χ0n) is 8.05. The van der Waals surface area contributed by atoms with Gasteiger partial charge in [0, 0.05) is 50.0 Å². The van der Waals surface area contributed by atoms with Gasteiger partial charge in [0.25, 0.3) is 0 Å². The van der Waals surface area contributed by atoms with Gasteiger partial charge in [-0.2, -0.15) is 0 Å². The van der Waals surface area contributed by atoms with Crippen molar-refractivity contribution in [3.8, 4) is 0 Å². The van der Waals surface area contributed by atoms with Crippen LogP contribution in [0, 0.1) is 0 Å². The first-order valence-corrected chi connectivity index (χ1v) is 4.53. The smallest absolute Gasteiger partial charge is 0.181 e. The van der Waals surface area contributed by atoms with E-state index in [9.17, 15) is 4.79 Å². The summed E-state index contributed by atoms with van der Waals surface area (Å²) in [6.45, 7) is 0.901. The van der Waals surface area contributed by atoms with Crippen LogP contribution >= 0.6 is 0 Å². The molecule has 0 unspecified atom stereocenters. The summed E-state index contributed by atoms with van der Waals surface area (Å²) in [7, 11) is 2.02. The molecule has 0 spiro atoms. The molecule has 72 valence electrons. The molecule has 1 aliphatic heterocycles. The summed E-state index contributed by atoms with van der Waals surface area (Å²) in [6.07, 6.45) is 9.72. The summed E-state index contributed by atoms with van der Waals surface area (Å²) < 4.78 is 1.94. The Labute approximate surface area is 82.6 Å². The van der Waals surface area contributed by atoms with Crippen molar-refractivity contribution in [3.05, 3.63) is 53.1 Å². The molecule has 0 N–H and O–H groups in total. The molecule has 3 heteroatoms. The number of likely N-dealkylation sites (N-methyl/N-ethyl adjacent to an activating group) is 1. The van der Waals surface area contributed by atoms with E-state index < -0.39 is 0 Å². The molecule has 0 aromatic carbocycles. The highest BCUT2D eigenvalue weighted by Gasteiger charge is 2.00. The van der Waals surface area contributed by atoms with Gasteiger partial charge in [-0.3, -0.25) is 4.79 Å². The third-order valence-electron chi connectivity index (χ3n) is 2.19. The first-order chi connectivity index (χ1) is 6.75. The fourth-order valence-corrected chi connectivity index (χ4v) is 1.35. The topological polar surface area (TPSA) is 25.2 Å². The van der Waals surface area contributed by atoms with Gasteiger partial charge in [-0.25, -0.2) is 0 Å². The molecule has 1 aromatic rings. The molecule has 0 amide bonds. The van der Waals surface area contributed by atoms with Gasteiger partial charge in [0.15, 0.2) is 5.43 Å². The van der Waals surface area contributed by atoms with Gasteiger partial charge in [0.2, 0.25) is 0 Å². The minimum absolute atomic E-state index is 0.0405. The Balaban J connectivity index is 2.29. The first-order valence-electron chi connectivity index (χ1n) is 4.53. The molecule has 2 rings (SSSR count). The number of pyridine rings is 1. The van der Waals surface area contributed by atoms with Gasteiger partial charge < -0.3 is 9.47 Å². The van der Waals surface area contributed by atoms with Gasteiger partial charge >= 0.3 is 0 Å². The maximum absolute atomic E-state index is 10.9. The molecule has 0 saturated carbocycles. The zero-order valence-corrected chi connectivity index (χ0v) is 8.05. The van der Waals surface area contributed by atoms with Crippen LogP contribution in [0.3, 0.4) is 0 Å². The number of hydrogen-bond acceptors (Lipinski definition) is 2. The zero-order chi connectivity index (χ0) is 9.97. The summed E-state index contributed by atoms with van der Waals surface area (Å²) in [5.41, 5.74) is 1.14. The normalized spacial score (nSPS) is 15.5. The van der Waals surface area contributed by atoms with Crippen molar-refractivity contribution in [2.45, 2.75) is 0 Å². The fourth-order valence-electron chi connectivity index (χ4n) is 1.35. The molecular formula is C11H12N2O. The Morgan fingerprint density at radius 1 is 1.29 bits per heavy atom. The molecule has 0 saturated heterocycles. The maximum Gasteiger partial charge on any atom is 0.181 e. The molecule has 0 atom stereocenters. The summed E-state index contributed by atoms with van der Waals surface area (Å²) >= 11 is 0. The van der Waals surface area contributed by atoms with E-state index in [1.807, 2.05) is 23.9 Å². The van der Waals surface area contributed by atoms with Crippen LogP contribution < -0.4 is 5.43 Å². The predicted molar refractivity (Wildman–Crippen MR) is 56.7 cm³/mol. The largest absolute Gasteiger partial charge is 0.377 e. The first kappa shape index (κ1) is 8.81. The lowest BCUT2D eigenvalue weighted by Crippen LogP contribution is -2.15. The van der Waals surface area contributed by atoms with Crippen LogP contribution in [0.25, 0.3) is 5.70 Å². The van der Waals surface area contributed by atoms with E-state index in [2.05, 4.69) is 11.0 Å². The number of hydrogen-bond donors (Lipinski definition) is 0. The second-order valence-corrected chi connectivity index (χ2v) is 3.33.